The smallest absolute Gasteiger partial charge is 0.166 e. The van der Waals surface area contributed by atoms with Gasteiger partial charge in [0, 0.05) is 18.2 Å². The van der Waals surface area contributed by atoms with Crippen LogP contribution in [0.4, 0.5) is 0 Å². The van der Waals surface area contributed by atoms with Crippen LogP contribution in [0.15, 0.2) is 54.7 Å². The van der Waals surface area contributed by atoms with Gasteiger partial charge < -0.3 is 9.47 Å². The van der Waals surface area contributed by atoms with Crippen LogP contribution in [0.25, 0.3) is 16.8 Å². The van der Waals surface area contributed by atoms with Crippen molar-refractivity contribution in [2.45, 2.75) is 25.7 Å². The number of ketones is 1. The van der Waals surface area contributed by atoms with Gasteiger partial charge in [-0.05, 0) is 54.7 Å². The van der Waals surface area contributed by atoms with Crippen LogP contribution in [0.3, 0.4) is 0 Å². The van der Waals surface area contributed by atoms with Crippen molar-refractivity contribution in [2.75, 3.05) is 14.2 Å². The molecule has 5 rings (SSSR count). The highest BCUT2D eigenvalue weighted by atomic mass is 16.5. The van der Waals surface area contributed by atoms with E-state index in [1.54, 1.807) is 18.7 Å². The van der Waals surface area contributed by atoms with Crippen molar-refractivity contribution in [2.24, 2.45) is 0 Å². The normalized spacial score (nSPS) is 15.7. The van der Waals surface area contributed by atoms with Crippen LogP contribution in [-0.2, 0) is 6.42 Å². The molecule has 0 fully saturated rings. The third-order valence-electron chi connectivity index (χ3n) is 6.00. The predicted octanol–water partition coefficient (Wildman–Crippen LogP) is 4.63. The topological polar surface area (TPSA) is 65.7 Å². The summed E-state index contributed by atoms with van der Waals surface area (Å²) in [5.74, 6) is 1.83. The zero-order valence-electron chi connectivity index (χ0n) is 17.8. The molecule has 1 aliphatic carbocycles. The number of rotatable bonds is 4. The summed E-state index contributed by atoms with van der Waals surface area (Å²) in [7, 11) is 3.30. The molecule has 1 unspecified atom stereocenters. The molecule has 0 spiro atoms. The zero-order valence-corrected chi connectivity index (χ0v) is 17.8. The fraction of sp³-hybridized carbons (Fsp3) is 0.240. The van der Waals surface area contributed by atoms with Gasteiger partial charge in [0.15, 0.2) is 11.4 Å². The highest BCUT2D eigenvalue weighted by Gasteiger charge is 2.29. The van der Waals surface area contributed by atoms with Gasteiger partial charge in [-0.2, -0.15) is 5.10 Å². The second-order valence-electron chi connectivity index (χ2n) is 7.86. The molecule has 0 amide bonds. The molecule has 0 bridgehead atoms. The first-order valence-electron chi connectivity index (χ1n) is 10.3. The number of hydrogen-bond donors (Lipinski definition) is 0. The summed E-state index contributed by atoms with van der Waals surface area (Å²) in [4.78, 5) is 17.9. The van der Waals surface area contributed by atoms with Gasteiger partial charge in [-0.25, -0.2) is 9.50 Å². The lowest BCUT2D eigenvalue weighted by molar-refractivity contribution is 0.0962. The van der Waals surface area contributed by atoms with Gasteiger partial charge in [-0.1, -0.05) is 24.3 Å². The first-order chi connectivity index (χ1) is 15.1. The molecular formula is C25H23N3O3. The van der Waals surface area contributed by atoms with E-state index < -0.39 is 0 Å². The number of carbonyl (C=O) groups excluding carboxylic acids is 1. The Morgan fingerprint density at radius 2 is 1.58 bits per heavy atom. The third-order valence-corrected chi connectivity index (χ3v) is 6.00. The minimum Gasteiger partial charge on any atom is -0.497 e. The van der Waals surface area contributed by atoms with E-state index in [1.165, 1.54) is 0 Å². The Hall–Kier alpha value is -3.67. The van der Waals surface area contributed by atoms with Crippen LogP contribution >= 0.6 is 0 Å². The zero-order chi connectivity index (χ0) is 21.5. The van der Waals surface area contributed by atoms with Crippen LogP contribution < -0.4 is 9.47 Å². The Labute approximate surface area is 180 Å². The standard InChI is InChI=1S/C25H23N3O3/c1-15-24(17-6-10-20(31-3)11-7-17)25-26-22-12-18(16-4-8-19(30-2)9-5-16)13-23(29)21(22)14-28(25)27-15/h4-11,14,18H,12-13H2,1-3H3. The summed E-state index contributed by atoms with van der Waals surface area (Å²) < 4.78 is 12.3. The molecule has 0 saturated carbocycles. The van der Waals surface area contributed by atoms with Gasteiger partial charge in [-0.15, -0.1) is 0 Å². The number of aryl methyl sites for hydroxylation is 1. The van der Waals surface area contributed by atoms with Gasteiger partial charge in [-0.3, -0.25) is 4.79 Å². The monoisotopic (exact) mass is 413 g/mol. The summed E-state index contributed by atoms with van der Waals surface area (Å²) in [6, 6.07) is 15.8. The average molecular weight is 413 g/mol. The number of hydrogen-bond acceptors (Lipinski definition) is 5. The second kappa shape index (κ2) is 7.54. The Morgan fingerprint density at radius 1 is 0.935 bits per heavy atom. The van der Waals surface area contributed by atoms with Gasteiger partial charge in [0.1, 0.15) is 11.5 Å². The van der Waals surface area contributed by atoms with E-state index in [4.69, 9.17) is 14.5 Å². The lowest BCUT2D eigenvalue weighted by atomic mass is 9.82. The summed E-state index contributed by atoms with van der Waals surface area (Å²) in [5, 5.41) is 4.63. The molecule has 6 heteroatoms. The lowest BCUT2D eigenvalue weighted by Crippen LogP contribution is -2.21. The predicted molar refractivity (Wildman–Crippen MR) is 118 cm³/mol. The molecule has 0 N–H and O–H groups in total. The molecule has 6 nitrogen and oxygen atoms in total. The largest absolute Gasteiger partial charge is 0.497 e. The second-order valence-corrected chi connectivity index (χ2v) is 7.86. The van der Waals surface area contributed by atoms with Crippen molar-refractivity contribution in [3.8, 4) is 22.6 Å². The number of aromatic nitrogens is 3. The number of fused-ring (bicyclic) bond motifs is 2. The quantitative estimate of drug-likeness (QED) is 0.488. The molecule has 156 valence electrons. The van der Waals surface area contributed by atoms with Crippen molar-refractivity contribution < 1.29 is 14.3 Å². The van der Waals surface area contributed by atoms with Gasteiger partial charge >= 0.3 is 0 Å². The fourth-order valence-corrected chi connectivity index (χ4v) is 4.35. The Balaban J connectivity index is 1.57. The molecule has 4 aromatic rings. The minimum atomic E-state index is 0.106. The maximum atomic E-state index is 12.9. The number of nitrogens with zero attached hydrogens (tertiary/aromatic N) is 3. The highest BCUT2D eigenvalue weighted by molar-refractivity contribution is 5.99. The summed E-state index contributed by atoms with van der Waals surface area (Å²) >= 11 is 0. The van der Waals surface area contributed by atoms with Gasteiger partial charge in [0.25, 0.3) is 0 Å². The number of methoxy groups -OCH3 is 2. The Bertz CT molecular complexity index is 1270. The van der Waals surface area contributed by atoms with Crippen molar-refractivity contribution in [3.63, 3.8) is 0 Å². The molecule has 2 aromatic heterocycles. The number of carbonyl (C=O) groups is 1. The van der Waals surface area contributed by atoms with E-state index in [-0.39, 0.29) is 11.7 Å². The summed E-state index contributed by atoms with van der Waals surface area (Å²) in [6.07, 6.45) is 3.03. The summed E-state index contributed by atoms with van der Waals surface area (Å²) in [5.41, 5.74) is 6.27. The van der Waals surface area contributed by atoms with Crippen molar-refractivity contribution in [3.05, 3.63) is 77.2 Å². The van der Waals surface area contributed by atoms with Crippen LogP contribution in [0.2, 0.25) is 0 Å². The van der Waals surface area contributed by atoms with Crippen LogP contribution in [0, 0.1) is 6.92 Å². The molecule has 0 saturated heterocycles. The number of benzene rings is 2. The molecule has 31 heavy (non-hydrogen) atoms. The van der Waals surface area contributed by atoms with Gasteiger partial charge in [0.2, 0.25) is 0 Å². The van der Waals surface area contributed by atoms with E-state index in [0.29, 0.717) is 12.0 Å². The third kappa shape index (κ3) is 3.34. The summed E-state index contributed by atoms with van der Waals surface area (Å²) in [6.45, 7) is 1.97. The van der Waals surface area contributed by atoms with Crippen LogP contribution in [0.1, 0.15) is 39.6 Å². The highest BCUT2D eigenvalue weighted by Crippen LogP contribution is 2.35. The Morgan fingerprint density at radius 3 is 2.23 bits per heavy atom. The van der Waals surface area contributed by atoms with Gasteiger partial charge in [0.05, 0.1) is 31.2 Å². The lowest BCUT2D eigenvalue weighted by Gasteiger charge is -2.23. The molecule has 1 aliphatic rings. The SMILES string of the molecule is COc1ccc(-c2c(C)nn3cc4c(nc23)CC(c2ccc(OC)cc2)CC4=O)cc1. The minimum absolute atomic E-state index is 0.106. The van der Waals surface area contributed by atoms with E-state index in [0.717, 1.165) is 51.6 Å². The van der Waals surface area contributed by atoms with E-state index >= 15 is 0 Å². The molecule has 2 heterocycles. The number of Topliss-reactive ketones (excluding diaryl/α,β-unsaturated/α-hetero) is 1. The molecular weight excluding hydrogens is 390 g/mol. The van der Waals surface area contributed by atoms with E-state index in [9.17, 15) is 4.79 Å². The Kier molecular flexibility index (Phi) is 4.70. The maximum Gasteiger partial charge on any atom is 0.166 e. The van der Waals surface area contributed by atoms with Crippen LogP contribution in [-0.4, -0.2) is 34.6 Å². The maximum absolute atomic E-state index is 12.9. The van der Waals surface area contributed by atoms with E-state index in [2.05, 4.69) is 5.10 Å². The molecule has 2 aromatic carbocycles. The first kappa shape index (κ1) is 19.3. The molecule has 0 aliphatic heterocycles. The fourth-order valence-electron chi connectivity index (χ4n) is 4.35. The molecule has 0 radical (unpaired) electrons. The first-order valence-corrected chi connectivity index (χ1v) is 10.3. The van der Waals surface area contributed by atoms with Crippen molar-refractivity contribution >= 4 is 11.4 Å². The molecule has 1 atom stereocenters. The average Bonchev–Trinajstić information content (AvgIpc) is 3.12. The van der Waals surface area contributed by atoms with Crippen molar-refractivity contribution in [1.29, 1.82) is 0 Å². The van der Waals surface area contributed by atoms with E-state index in [1.807, 2.05) is 61.7 Å². The number of ether oxygens (including phenoxy) is 2. The van der Waals surface area contributed by atoms with Crippen LogP contribution in [0.5, 0.6) is 11.5 Å². The van der Waals surface area contributed by atoms with Crippen molar-refractivity contribution in [1.82, 2.24) is 14.6 Å².